The normalized spacial score (nSPS) is 21.4. The number of halogens is 2. The summed E-state index contributed by atoms with van der Waals surface area (Å²) in [5, 5.41) is 4.40. The molecule has 2 unspecified atom stereocenters. The van der Waals surface area contributed by atoms with E-state index < -0.39 is 0 Å². The van der Waals surface area contributed by atoms with Crippen LogP contribution in [0.25, 0.3) is 0 Å². The highest BCUT2D eigenvalue weighted by atomic mass is 35.5. The van der Waals surface area contributed by atoms with Crippen molar-refractivity contribution >= 4 is 29.1 Å². The van der Waals surface area contributed by atoms with Gasteiger partial charge < -0.3 is 4.90 Å². The van der Waals surface area contributed by atoms with E-state index in [1.54, 1.807) is 11.0 Å². The number of hydrogen-bond donors (Lipinski definition) is 1. The summed E-state index contributed by atoms with van der Waals surface area (Å²) in [4.78, 5) is 13.6. The average Bonchev–Trinajstić information content (AvgIpc) is 2.64. The van der Waals surface area contributed by atoms with Crippen LogP contribution in [-0.2, 0) is 4.79 Å². The zero-order valence-electron chi connectivity index (χ0n) is 10.4. The smallest absolute Gasteiger partial charge is 0.239 e. The molecule has 2 atom stereocenters. The zero-order chi connectivity index (χ0) is 13.3. The first-order valence-electron chi connectivity index (χ1n) is 5.95. The van der Waals surface area contributed by atoms with Crippen LogP contribution in [-0.4, -0.2) is 30.4 Å². The van der Waals surface area contributed by atoms with E-state index in [1.165, 1.54) is 0 Å². The van der Waals surface area contributed by atoms with Gasteiger partial charge in [-0.3, -0.25) is 10.1 Å². The lowest BCUT2D eigenvalue weighted by Gasteiger charge is -2.20. The van der Waals surface area contributed by atoms with Crippen molar-refractivity contribution in [3.8, 4) is 0 Å². The molecule has 0 aromatic heterocycles. The van der Waals surface area contributed by atoms with Gasteiger partial charge in [0.2, 0.25) is 5.91 Å². The van der Waals surface area contributed by atoms with Crippen molar-refractivity contribution < 1.29 is 4.79 Å². The van der Waals surface area contributed by atoms with Gasteiger partial charge in [-0.2, -0.15) is 0 Å². The summed E-state index contributed by atoms with van der Waals surface area (Å²) in [6, 6.07) is 5.42. The molecule has 1 fully saturated rings. The van der Waals surface area contributed by atoms with Gasteiger partial charge in [-0.1, -0.05) is 35.3 Å². The summed E-state index contributed by atoms with van der Waals surface area (Å²) >= 11 is 12.2. The second-order valence-electron chi connectivity index (χ2n) is 4.63. The Labute approximate surface area is 117 Å². The van der Waals surface area contributed by atoms with Gasteiger partial charge in [-0.05, 0) is 25.0 Å². The fraction of sp³-hybridized carbons (Fsp3) is 0.462. The van der Waals surface area contributed by atoms with E-state index in [4.69, 9.17) is 23.2 Å². The molecule has 0 radical (unpaired) electrons. The Balaban J connectivity index is 2.10. The first-order valence-corrected chi connectivity index (χ1v) is 6.71. The maximum atomic E-state index is 11.8. The number of likely N-dealkylation sites (N-methyl/N-ethyl adjacent to an activating group) is 1. The van der Waals surface area contributed by atoms with Crippen LogP contribution < -0.4 is 5.32 Å². The van der Waals surface area contributed by atoms with E-state index in [0.717, 1.165) is 18.5 Å². The number of carbonyl (C=O) groups excluding carboxylic acids is 1. The van der Waals surface area contributed by atoms with Gasteiger partial charge in [0.1, 0.15) is 0 Å². The van der Waals surface area contributed by atoms with E-state index in [9.17, 15) is 4.79 Å². The summed E-state index contributed by atoms with van der Waals surface area (Å²) in [6.45, 7) is 2.79. The minimum atomic E-state index is -0.125. The van der Waals surface area contributed by atoms with Crippen molar-refractivity contribution in [1.29, 1.82) is 0 Å². The number of amides is 1. The van der Waals surface area contributed by atoms with Gasteiger partial charge in [0.25, 0.3) is 0 Å². The van der Waals surface area contributed by atoms with Crippen molar-refractivity contribution in [3.63, 3.8) is 0 Å². The van der Waals surface area contributed by atoms with Crippen LogP contribution in [0.3, 0.4) is 0 Å². The number of hydrogen-bond acceptors (Lipinski definition) is 2. The highest BCUT2D eigenvalue weighted by Crippen LogP contribution is 2.30. The van der Waals surface area contributed by atoms with Gasteiger partial charge in [0.15, 0.2) is 0 Å². The molecule has 1 aromatic carbocycles. The molecule has 1 aliphatic heterocycles. The lowest BCUT2D eigenvalue weighted by Crippen LogP contribution is -2.38. The quantitative estimate of drug-likeness (QED) is 0.927. The van der Waals surface area contributed by atoms with Crippen LogP contribution in [0.1, 0.15) is 24.9 Å². The monoisotopic (exact) mass is 286 g/mol. The van der Waals surface area contributed by atoms with Crippen LogP contribution in [0.5, 0.6) is 0 Å². The Morgan fingerprint density at radius 1 is 1.44 bits per heavy atom. The molecule has 1 saturated heterocycles. The van der Waals surface area contributed by atoms with Crippen molar-refractivity contribution in [2.75, 3.05) is 13.6 Å². The van der Waals surface area contributed by atoms with Gasteiger partial charge in [0.05, 0.1) is 16.1 Å². The van der Waals surface area contributed by atoms with E-state index >= 15 is 0 Å². The molecule has 3 nitrogen and oxygen atoms in total. The number of rotatable bonds is 3. The lowest BCUT2D eigenvalue weighted by atomic mass is 10.1. The summed E-state index contributed by atoms with van der Waals surface area (Å²) < 4.78 is 0. The van der Waals surface area contributed by atoms with E-state index in [1.807, 2.05) is 26.1 Å². The number of carbonyl (C=O) groups is 1. The molecule has 5 heteroatoms. The second kappa shape index (κ2) is 5.47. The first-order chi connectivity index (χ1) is 8.50. The SMILES string of the molecule is CC(NC1CCN(C)C1=O)c1cccc(Cl)c1Cl. The Hall–Kier alpha value is -0.770. The molecule has 1 aliphatic rings. The van der Waals surface area contributed by atoms with E-state index in [2.05, 4.69) is 5.32 Å². The Morgan fingerprint density at radius 2 is 2.17 bits per heavy atom. The Morgan fingerprint density at radius 3 is 2.78 bits per heavy atom. The van der Waals surface area contributed by atoms with Gasteiger partial charge in [0, 0.05) is 19.6 Å². The molecule has 1 aromatic rings. The fourth-order valence-electron chi connectivity index (χ4n) is 2.22. The fourth-order valence-corrected chi connectivity index (χ4v) is 2.70. The highest BCUT2D eigenvalue weighted by molar-refractivity contribution is 6.42. The van der Waals surface area contributed by atoms with Gasteiger partial charge in [-0.25, -0.2) is 0 Å². The minimum absolute atomic E-state index is 0.00310. The van der Waals surface area contributed by atoms with Crippen LogP contribution in [0.15, 0.2) is 18.2 Å². The largest absolute Gasteiger partial charge is 0.344 e. The molecular weight excluding hydrogens is 271 g/mol. The Kier molecular flexibility index (Phi) is 4.15. The van der Waals surface area contributed by atoms with E-state index in [-0.39, 0.29) is 18.0 Å². The number of nitrogens with one attached hydrogen (secondary N) is 1. The number of benzene rings is 1. The molecule has 18 heavy (non-hydrogen) atoms. The highest BCUT2D eigenvalue weighted by Gasteiger charge is 2.30. The summed E-state index contributed by atoms with van der Waals surface area (Å²) in [6.07, 6.45) is 0.831. The molecule has 1 heterocycles. The molecule has 1 N–H and O–H groups in total. The summed E-state index contributed by atoms with van der Waals surface area (Å²) in [7, 11) is 1.82. The second-order valence-corrected chi connectivity index (χ2v) is 5.42. The van der Waals surface area contributed by atoms with Crippen molar-refractivity contribution in [3.05, 3.63) is 33.8 Å². The summed E-state index contributed by atoms with van der Waals surface area (Å²) in [5.41, 5.74) is 0.923. The van der Waals surface area contributed by atoms with Crippen molar-refractivity contribution in [2.24, 2.45) is 0 Å². The molecule has 0 aliphatic carbocycles. The first kappa shape index (κ1) is 13.7. The van der Waals surface area contributed by atoms with Gasteiger partial charge in [-0.15, -0.1) is 0 Å². The maximum Gasteiger partial charge on any atom is 0.239 e. The molecule has 0 saturated carbocycles. The zero-order valence-corrected chi connectivity index (χ0v) is 11.9. The predicted octanol–water partition coefficient (Wildman–Crippen LogP) is 2.87. The van der Waals surface area contributed by atoms with Crippen molar-refractivity contribution in [2.45, 2.75) is 25.4 Å². The molecule has 0 bridgehead atoms. The lowest BCUT2D eigenvalue weighted by molar-refractivity contribution is -0.128. The molecule has 98 valence electrons. The van der Waals surface area contributed by atoms with Crippen LogP contribution in [0, 0.1) is 0 Å². The third-order valence-electron chi connectivity index (χ3n) is 3.33. The van der Waals surface area contributed by atoms with Gasteiger partial charge >= 0.3 is 0 Å². The minimum Gasteiger partial charge on any atom is -0.344 e. The number of likely N-dealkylation sites (tertiary alicyclic amines) is 1. The average molecular weight is 287 g/mol. The molecular formula is C13H16Cl2N2O. The standard InChI is InChI=1S/C13H16Cl2N2O/c1-8(9-4-3-5-10(14)12(9)15)16-11-6-7-17(2)13(11)18/h3-5,8,11,16H,6-7H2,1-2H3. The Bertz CT molecular complexity index is 464. The molecule has 1 amide bonds. The maximum absolute atomic E-state index is 11.8. The summed E-state index contributed by atoms with van der Waals surface area (Å²) in [5.74, 6) is 0.139. The third-order valence-corrected chi connectivity index (χ3v) is 4.16. The molecule has 0 spiro atoms. The van der Waals surface area contributed by atoms with Crippen LogP contribution in [0.4, 0.5) is 0 Å². The topological polar surface area (TPSA) is 32.3 Å². The predicted molar refractivity (Wildman–Crippen MR) is 74.1 cm³/mol. The third kappa shape index (κ3) is 2.63. The van der Waals surface area contributed by atoms with Crippen LogP contribution >= 0.6 is 23.2 Å². The molecule has 2 rings (SSSR count). The van der Waals surface area contributed by atoms with Crippen molar-refractivity contribution in [1.82, 2.24) is 10.2 Å². The number of nitrogens with zero attached hydrogens (tertiary/aromatic N) is 1. The van der Waals surface area contributed by atoms with Crippen LogP contribution in [0.2, 0.25) is 10.0 Å². The van der Waals surface area contributed by atoms with E-state index in [0.29, 0.717) is 10.0 Å².